The van der Waals surface area contributed by atoms with Gasteiger partial charge in [0.25, 0.3) is 0 Å². The van der Waals surface area contributed by atoms with Gasteiger partial charge in [-0.05, 0) is 0 Å². The zero-order chi connectivity index (χ0) is 24.8. The maximum absolute atomic E-state index is 3.78. The summed E-state index contributed by atoms with van der Waals surface area (Å²) in [7, 11) is 0. The van der Waals surface area contributed by atoms with Crippen molar-refractivity contribution in [2.24, 2.45) is 0 Å². The summed E-state index contributed by atoms with van der Waals surface area (Å²) in [5.74, 6) is 0. The Morgan fingerprint density at radius 3 is 1.00 bits per heavy atom. The minimum absolute atomic E-state index is 1.35. The number of hydrogen-bond acceptors (Lipinski definition) is 0. The monoisotopic (exact) mass is 554 g/mol. The Kier molecular flexibility index (Phi) is 6.84. The fraction of sp³-hybridized carbons (Fsp3) is 0.273. The van der Waals surface area contributed by atoms with E-state index in [0.29, 0.717) is 0 Å². The summed E-state index contributed by atoms with van der Waals surface area (Å²) in [5.41, 5.74) is 12.5. The molecule has 0 aliphatic heterocycles. The molecule has 0 fully saturated rings. The minimum atomic E-state index is -3.78. The quantitative estimate of drug-likeness (QED) is 0.279. The van der Waals surface area contributed by atoms with Crippen LogP contribution in [0.25, 0.3) is 0 Å². The zero-order valence-corrected chi connectivity index (χ0v) is 25.2. The van der Waals surface area contributed by atoms with Gasteiger partial charge in [0.15, 0.2) is 0 Å². The van der Waals surface area contributed by atoms with Crippen LogP contribution < -0.4 is 14.3 Å². The molecule has 34 heavy (non-hydrogen) atoms. The van der Waals surface area contributed by atoms with Gasteiger partial charge in [0.2, 0.25) is 0 Å². The van der Waals surface area contributed by atoms with Gasteiger partial charge in [0, 0.05) is 0 Å². The van der Waals surface area contributed by atoms with E-state index in [0.717, 1.165) is 0 Å². The molecule has 0 aliphatic rings. The molecule has 0 radical (unpaired) electrons. The van der Waals surface area contributed by atoms with Crippen molar-refractivity contribution in [1.82, 2.24) is 0 Å². The third kappa shape index (κ3) is 4.15. The summed E-state index contributed by atoms with van der Waals surface area (Å²) in [6, 6.07) is 26.3. The molecule has 0 amide bonds. The van der Waals surface area contributed by atoms with E-state index < -0.39 is 18.4 Å². The van der Waals surface area contributed by atoms with E-state index >= 15 is 0 Å². The first-order chi connectivity index (χ1) is 16.0. The third-order valence-electron chi connectivity index (χ3n) is 7.44. The van der Waals surface area contributed by atoms with Crippen LogP contribution >= 0.6 is 0 Å². The molecule has 4 aromatic carbocycles. The number of benzene rings is 4. The summed E-state index contributed by atoms with van der Waals surface area (Å²) in [5, 5.41) is 0. The van der Waals surface area contributed by atoms with E-state index in [9.17, 15) is 0 Å². The van der Waals surface area contributed by atoms with Crippen LogP contribution in [0, 0.1) is 62.3 Å². The Labute approximate surface area is 211 Å². The van der Waals surface area contributed by atoms with E-state index in [-0.39, 0.29) is 0 Å². The molecule has 174 valence electrons. The molecule has 0 heterocycles. The molecule has 4 aromatic rings. The molecule has 0 spiro atoms. The molecule has 4 rings (SSSR count). The SMILES string of the molecule is Cc1cc(C)[c]([Sn]([c]2cc(C)ccc2C)([c]2cc(C)ccc2C)[c]2cc(C)ccc2C)c(C)c1. The molecule has 0 saturated heterocycles. The van der Waals surface area contributed by atoms with Crippen LogP contribution in [-0.4, -0.2) is 18.4 Å². The van der Waals surface area contributed by atoms with Crippen molar-refractivity contribution in [2.45, 2.75) is 62.3 Å². The Morgan fingerprint density at radius 2 is 0.676 bits per heavy atom. The summed E-state index contributed by atoms with van der Waals surface area (Å²) in [6.45, 7) is 20.7. The second-order valence-electron chi connectivity index (χ2n) is 10.5. The number of rotatable bonds is 4. The van der Waals surface area contributed by atoms with Crippen LogP contribution in [0.2, 0.25) is 0 Å². The maximum atomic E-state index is 2.52. The van der Waals surface area contributed by atoms with Gasteiger partial charge in [0.05, 0.1) is 0 Å². The van der Waals surface area contributed by atoms with Crippen LogP contribution in [0.5, 0.6) is 0 Å². The fourth-order valence-corrected chi connectivity index (χ4v) is 24.2. The van der Waals surface area contributed by atoms with Gasteiger partial charge in [-0.2, -0.15) is 0 Å². The summed E-state index contributed by atoms with van der Waals surface area (Å²) in [6.07, 6.45) is 0. The van der Waals surface area contributed by atoms with Gasteiger partial charge < -0.3 is 0 Å². The molecule has 1 heteroatoms. The van der Waals surface area contributed by atoms with Crippen molar-refractivity contribution in [2.75, 3.05) is 0 Å². The molecule has 0 unspecified atom stereocenters. The Bertz CT molecular complexity index is 1240. The molecular formula is C33H38Sn. The van der Waals surface area contributed by atoms with Gasteiger partial charge in [-0.25, -0.2) is 0 Å². The van der Waals surface area contributed by atoms with Crippen LogP contribution in [-0.2, 0) is 0 Å². The normalized spacial score (nSPS) is 11.7. The van der Waals surface area contributed by atoms with Gasteiger partial charge in [0.1, 0.15) is 0 Å². The fourth-order valence-electron chi connectivity index (χ4n) is 6.03. The van der Waals surface area contributed by atoms with E-state index in [1.165, 1.54) is 50.1 Å². The van der Waals surface area contributed by atoms with E-state index in [1.54, 1.807) is 14.3 Å². The molecule has 0 bridgehead atoms. The van der Waals surface area contributed by atoms with Crippen LogP contribution in [0.4, 0.5) is 0 Å². The summed E-state index contributed by atoms with van der Waals surface area (Å²) < 4.78 is 6.39. The predicted molar refractivity (Wildman–Crippen MR) is 153 cm³/mol. The molecule has 0 N–H and O–H groups in total. The van der Waals surface area contributed by atoms with Gasteiger partial charge in [-0.15, -0.1) is 0 Å². The average molecular weight is 553 g/mol. The van der Waals surface area contributed by atoms with E-state index in [4.69, 9.17) is 0 Å². The van der Waals surface area contributed by atoms with E-state index in [1.807, 2.05) is 0 Å². The average Bonchev–Trinajstić information content (AvgIpc) is 2.76. The van der Waals surface area contributed by atoms with Crippen LogP contribution in [0.3, 0.4) is 0 Å². The standard InChI is InChI=1S/C9H11.3C8H9.Sn/c1-7-4-8(2)6-9(3)5-7;3*1-7-3-5-8(2)6-4-7;/h4-5H,1-3H3;3*3-5H,1-2H3;. The van der Waals surface area contributed by atoms with Crippen LogP contribution in [0.15, 0.2) is 66.7 Å². The van der Waals surface area contributed by atoms with Crippen LogP contribution in [0.1, 0.15) is 50.1 Å². The topological polar surface area (TPSA) is 0 Å². The van der Waals surface area contributed by atoms with Gasteiger partial charge >= 0.3 is 212 Å². The first-order valence-corrected chi connectivity index (χ1v) is 18.1. The summed E-state index contributed by atoms with van der Waals surface area (Å²) >= 11 is -3.78. The Hall–Kier alpha value is -2.32. The molecule has 0 aliphatic carbocycles. The predicted octanol–water partition coefficient (Wildman–Crippen LogP) is 5.84. The van der Waals surface area contributed by atoms with E-state index in [2.05, 4.69) is 129 Å². The second-order valence-corrected chi connectivity index (χ2v) is 20.8. The van der Waals surface area contributed by atoms with Crippen molar-refractivity contribution < 1.29 is 0 Å². The molecule has 0 nitrogen and oxygen atoms in total. The zero-order valence-electron chi connectivity index (χ0n) is 22.4. The molecule has 0 saturated carbocycles. The van der Waals surface area contributed by atoms with Crippen molar-refractivity contribution in [3.05, 3.63) is 117 Å². The van der Waals surface area contributed by atoms with Crippen molar-refractivity contribution in [3.63, 3.8) is 0 Å². The second kappa shape index (κ2) is 9.38. The molecule has 0 atom stereocenters. The van der Waals surface area contributed by atoms with Crippen molar-refractivity contribution in [1.29, 1.82) is 0 Å². The Balaban J connectivity index is 2.38. The number of hydrogen-bond donors (Lipinski definition) is 0. The third-order valence-corrected chi connectivity index (χ3v) is 23.4. The molecule has 0 aromatic heterocycles. The van der Waals surface area contributed by atoms with Gasteiger partial charge in [-0.3, -0.25) is 0 Å². The summed E-state index contributed by atoms with van der Waals surface area (Å²) in [4.78, 5) is 0. The number of aryl methyl sites for hydroxylation is 9. The Morgan fingerprint density at radius 1 is 0.353 bits per heavy atom. The molecular weight excluding hydrogens is 515 g/mol. The van der Waals surface area contributed by atoms with Crippen molar-refractivity contribution in [3.8, 4) is 0 Å². The first-order valence-electron chi connectivity index (χ1n) is 12.4. The van der Waals surface area contributed by atoms with Crippen molar-refractivity contribution >= 4 is 32.7 Å². The first kappa shape index (κ1) is 24.8. The van der Waals surface area contributed by atoms with Gasteiger partial charge in [-0.1, -0.05) is 0 Å².